The smallest absolute Gasteiger partial charge is 0.244 e. The second kappa shape index (κ2) is 4.90. The molecule has 2 saturated heterocycles. The van der Waals surface area contributed by atoms with Gasteiger partial charge >= 0.3 is 0 Å². The van der Waals surface area contributed by atoms with Crippen molar-refractivity contribution in [2.45, 2.75) is 18.6 Å². The van der Waals surface area contributed by atoms with E-state index in [4.69, 9.17) is 4.74 Å². The standard InChI is InChI=1S/C10H17N3O3/c1-13-2-3-16-7(6-13)5-11-8-4-9(14)12-10(8)15/h7-8,11H,2-6H2,1H3,(H,12,14,15)/t7-,8+/m0/s1. The summed E-state index contributed by atoms with van der Waals surface area (Å²) in [6.07, 6.45) is 0.337. The Morgan fingerprint density at radius 2 is 2.38 bits per heavy atom. The molecule has 0 bridgehead atoms. The van der Waals surface area contributed by atoms with E-state index >= 15 is 0 Å². The van der Waals surface area contributed by atoms with Gasteiger partial charge in [0, 0.05) is 19.6 Å². The first kappa shape index (κ1) is 11.5. The van der Waals surface area contributed by atoms with Gasteiger partial charge in [-0.25, -0.2) is 0 Å². The number of carbonyl (C=O) groups excluding carboxylic acids is 2. The quantitative estimate of drug-likeness (QED) is 0.564. The maximum absolute atomic E-state index is 11.3. The molecular formula is C10H17N3O3. The molecule has 0 radical (unpaired) electrons. The number of nitrogens with one attached hydrogen (secondary N) is 2. The molecule has 2 heterocycles. The van der Waals surface area contributed by atoms with Crippen LogP contribution in [0.1, 0.15) is 6.42 Å². The Morgan fingerprint density at radius 1 is 1.56 bits per heavy atom. The van der Waals surface area contributed by atoms with Crippen molar-refractivity contribution >= 4 is 11.8 Å². The number of amides is 2. The first-order chi connectivity index (χ1) is 7.65. The van der Waals surface area contributed by atoms with Crippen molar-refractivity contribution in [2.24, 2.45) is 0 Å². The highest BCUT2D eigenvalue weighted by Gasteiger charge is 2.30. The molecule has 2 fully saturated rings. The minimum Gasteiger partial charge on any atom is -0.374 e. The van der Waals surface area contributed by atoms with Crippen LogP contribution in [0, 0.1) is 0 Å². The zero-order valence-corrected chi connectivity index (χ0v) is 9.36. The Kier molecular flexibility index (Phi) is 3.52. The van der Waals surface area contributed by atoms with Crippen molar-refractivity contribution in [1.82, 2.24) is 15.5 Å². The van der Waals surface area contributed by atoms with Crippen LogP contribution in [0.2, 0.25) is 0 Å². The molecular weight excluding hydrogens is 210 g/mol. The lowest BCUT2D eigenvalue weighted by molar-refractivity contribution is -0.125. The monoisotopic (exact) mass is 227 g/mol. The van der Waals surface area contributed by atoms with Gasteiger partial charge in [0.05, 0.1) is 25.2 Å². The SMILES string of the molecule is CN1CCO[C@@H](CN[C@@H]2CC(=O)NC2=O)C1. The summed E-state index contributed by atoms with van der Waals surface area (Å²) in [5.41, 5.74) is 0. The van der Waals surface area contributed by atoms with Gasteiger partial charge in [0.1, 0.15) is 0 Å². The Morgan fingerprint density at radius 3 is 3.00 bits per heavy atom. The van der Waals surface area contributed by atoms with Crippen LogP contribution in [0.3, 0.4) is 0 Å². The Labute approximate surface area is 94.3 Å². The van der Waals surface area contributed by atoms with Crippen LogP contribution in [-0.4, -0.2) is 62.1 Å². The molecule has 90 valence electrons. The fourth-order valence-electron chi connectivity index (χ4n) is 1.98. The van der Waals surface area contributed by atoms with Gasteiger partial charge in [-0.15, -0.1) is 0 Å². The highest BCUT2D eigenvalue weighted by molar-refractivity contribution is 6.05. The molecule has 0 spiro atoms. The molecule has 0 unspecified atom stereocenters. The molecule has 2 atom stereocenters. The molecule has 16 heavy (non-hydrogen) atoms. The number of nitrogens with zero attached hydrogens (tertiary/aromatic N) is 1. The minimum absolute atomic E-state index is 0.0993. The summed E-state index contributed by atoms with van der Waals surface area (Å²) >= 11 is 0. The first-order valence-corrected chi connectivity index (χ1v) is 5.52. The average Bonchev–Trinajstić information content (AvgIpc) is 2.54. The van der Waals surface area contributed by atoms with E-state index < -0.39 is 0 Å². The van der Waals surface area contributed by atoms with Crippen molar-refractivity contribution in [1.29, 1.82) is 0 Å². The van der Waals surface area contributed by atoms with Crippen LogP contribution >= 0.6 is 0 Å². The summed E-state index contributed by atoms with van der Waals surface area (Å²) in [7, 11) is 2.04. The third kappa shape index (κ3) is 2.78. The molecule has 2 rings (SSSR count). The van der Waals surface area contributed by atoms with E-state index in [1.165, 1.54) is 0 Å². The van der Waals surface area contributed by atoms with E-state index in [-0.39, 0.29) is 30.4 Å². The molecule has 0 aromatic carbocycles. The van der Waals surface area contributed by atoms with E-state index in [1.807, 2.05) is 7.05 Å². The summed E-state index contributed by atoms with van der Waals surface area (Å²) in [4.78, 5) is 24.4. The van der Waals surface area contributed by atoms with E-state index in [1.54, 1.807) is 0 Å². The highest BCUT2D eigenvalue weighted by Crippen LogP contribution is 2.05. The van der Waals surface area contributed by atoms with E-state index in [0.29, 0.717) is 6.54 Å². The van der Waals surface area contributed by atoms with Crippen LogP contribution in [-0.2, 0) is 14.3 Å². The lowest BCUT2D eigenvalue weighted by Gasteiger charge is -2.30. The lowest BCUT2D eigenvalue weighted by Crippen LogP contribution is -2.48. The predicted molar refractivity (Wildman–Crippen MR) is 56.8 cm³/mol. The molecule has 2 aliphatic rings. The van der Waals surface area contributed by atoms with Crippen LogP contribution in [0.15, 0.2) is 0 Å². The topological polar surface area (TPSA) is 70.7 Å². The summed E-state index contributed by atoms with van der Waals surface area (Å²) in [5, 5.41) is 5.34. The largest absolute Gasteiger partial charge is 0.374 e. The van der Waals surface area contributed by atoms with Gasteiger partial charge in [-0.3, -0.25) is 14.9 Å². The van der Waals surface area contributed by atoms with Gasteiger partial charge in [0.25, 0.3) is 0 Å². The zero-order chi connectivity index (χ0) is 11.5. The number of hydrogen-bond donors (Lipinski definition) is 2. The van der Waals surface area contributed by atoms with Gasteiger partial charge in [-0.1, -0.05) is 0 Å². The molecule has 2 amide bonds. The van der Waals surface area contributed by atoms with Crippen LogP contribution in [0.5, 0.6) is 0 Å². The third-order valence-electron chi connectivity index (χ3n) is 2.90. The minimum atomic E-state index is -0.386. The molecule has 6 heteroatoms. The van der Waals surface area contributed by atoms with Crippen molar-refractivity contribution in [3.8, 4) is 0 Å². The van der Waals surface area contributed by atoms with Gasteiger partial charge in [0.2, 0.25) is 11.8 Å². The molecule has 2 N–H and O–H groups in total. The molecule has 0 saturated carbocycles. The Hall–Kier alpha value is -0.980. The first-order valence-electron chi connectivity index (χ1n) is 5.52. The second-order valence-electron chi connectivity index (χ2n) is 4.33. The van der Waals surface area contributed by atoms with Crippen molar-refractivity contribution in [3.63, 3.8) is 0 Å². The number of imide groups is 1. The Bertz CT molecular complexity index is 295. The highest BCUT2D eigenvalue weighted by atomic mass is 16.5. The molecule has 0 aliphatic carbocycles. The van der Waals surface area contributed by atoms with Crippen molar-refractivity contribution in [3.05, 3.63) is 0 Å². The second-order valence-corrected chi connectivity index (χ2v) is 4.33. The van der Waals surface area contributed by atoms with Crippen molar-refractivity contribution < 1.29 is 14.3 Å². The average molecular weight is 227 g/mol. The summed E-state index contributed by atoms with van der Waals surface area (Å²) < 4.78 is 5.55. The number of morpholine rings is 1. The molecule has 2 aliphatic heterocycles. The number of rotatable bonds is 3. The number of likely N-dealkylation sites (N-methyl/N-ethyl adjacent to an activating group) is 1. The van der Waals surface area contributed by atoms with E-state index in [2.05, 4.69) is 15.5 Å². The fourth-order valence-corrected chi connectivity index (χ4v) is 1.98. The predicted octanol–water partition coefficient (Wildman–Crippen LogP) is -1.68. The summed E-state index contributed by atoms with van der Waals surface area (Å²) in [6.45, 7) is 3.13. The normalized spacial score (nSPS) is 31.8. The van der Waals surface area contributed by atoms with Crippen molar-refractivity contribution in [2.75, 3.05) is 33.3 Å². The zero-order valence-electron chi connectivity index (χ0n) is 9.36. The van der Waals surface area contributed by atoms with E-state index in [9.17, 15) is 9.59 Å². The number of carbonyl (C=O) groups is 2. The van der Waals surface area contributed by atoms with Gasteiger partial charge in [-0.05, 0) is 7.05 Å². The van der Waals surface area contributed by atoms with Gasteiger partial charge in [0.15, 0.2) is 0 Å². The molecule has 0 aromatic heterocycles. The van der Waals surface area contributed by atoms with Gasteiger partial charge in [-0.2, -0.15) is 0 Å². The summed E-state index contributed by atoms with van der Waals surface area (Å²) in [6, 6.07) is -0.386. The lowest BCUT2D eigenvalue weighted by atomic mass is 10.2. The maximum Gasteiger partial charge on any atom is 0.244 e. The number of ether oxygens (including phenoxy) is 1. The summed E-state index contributed by atoms with van der Waals surface area (Å²) in [5.74, 6) is -0.432. The number of hydrogen-bond acceptors (Lipinski definition) is 5. The third-order valence-corrected chi connectivity index (χ3v) is 2.90. The van der Waals surface area contributed by atoms with Gasteiger partial charge < -0.3 is 15.0 Å². The Balaban J connectivity index is 1.74. The molecule has 0 aromatic rings. The van der Waals surface area contributed by atoms with Crippen LogP contribution < -0.4 is 10.6 Å². The van der Waals surface area contributed by atoms with Crippen LogP contribution in [0.4, 0.5) is 0 Å². The van der Waals surface area contributed by atoms with Crippen LogP contribution in [0.25, 0.3) is 0 Å². The molecule has 6 nitrogen and oxygen atoms in total. The van der Waals surface area contributed by atoms with E-state index in [0.717, 1.165) is 19.7 Å². The maximum atomic E-state index is 11.3. The fraction of sp³-hybridized carbons (Fsp3) is 0.800.